The van der Waals surface area contributed by atoms with Gasteiger partial charge in [-0.3, -0.25) is 4.79 Å². The fourth-order valence-corrected chi connectivity index (χ4v) is 2.83. The van der Waals surface area contributed by atoms with E-state index in [4.69, 9.17) is 14.2 Å². The molecule has 21 heavy (non-hydrogen) atoms. The van der Waals surface area contributed by atoms with Gasteiger partial charge in [0.15, 0.2) is 0 Å². The Balaban J connectivity index is 1.85. The van der Waals surface area contributed by atoms with E-state index in [1.165, 1.54) is 6.08 Å². The van der Waals surface area contributed by atoms with Crippen LogP contribution >= 0.6 is 0 Å². The highest BCUT2D eigenvalue weighted by Gasteiger charge is 2.51. The monoisotopic (exact) mass is 299 g/mol. The molecule has 6 heteroatoms. The van der Waals surface area contributed by atoms with Gasteiger partial charge in [0, 0.05) is 19.6 Å². The number of nitrogens with one attached hydrogen (secondary N) is 1. The maximum atomic E-state index is 11.2. The van der Waals surface area contributed by atoms with Crippen LogP contribution in [-0.2, 0) is 19.0 Å². The molecule has 2 rings (SSSR count). The average molecular weight is 299 g/mol. The molecule has 0 aliphatic carbocycles. The minimum atomic E-state index is -0.319. The number of fused-ring (bicyclic) bond motifs is 1. The third-order valence-corrected chi connectivity index (χ3v) is 3.93. The number of ether oxygens (including phenoxy) is 3. The third-order valence-electron chi connectivity index (χ3n) is 3.93. The van der Waals surface area contributed by atoms with E-state index in [1.54, 1.807) is 0 Å². The quantitative estimate of drug-likeness (QED) is 0.501. The van der Waals surface area contributed by atoms with Gasteiger partial charge in [-0.15, -0.1) is 0 Å². The lowest BCUT2D eigenvalue weighted by Crippen LogP contribution is -2.39. The summed E-state index contributed by atoms with van der Waals surface area (Å²) < 4.78 is 17.6. The molecule has 2 heterocycles. The minimum Gasteiger partial charge on any atom is -0.394 e. The summed E-state index contributed by atoms with van der Waals surface area (Å²) in [6.45, 7) is 6.53. The van der Waals surface area contributed by atoms with E-state index in [1.807, 2.05) is 0 Å². The first kappa shape index (κ1) is 16.4. The smallest absolute Gasteiger partial charge is 0.243 e. The Morgan fingerprint density at radius 2 is 2.33 bits per heavy atom. The molecule has 0 aromatic heterocycles. The van der Waals surface area contributed by atoms with Crippen molar-refractivity contribution in [2.75, 3.05) is 19.8 Å². The molecule has 0 bridgehead atoms. The minimum absolute atomic E-state index is 0.0645. The maximum absolute atomic E-state index is 11.2. The lowest BCUT2D eigenvalue weighted by Gasteiger charge is -2.23. The van der Waals surface area contributed by atoms with Crippen LogP contribution in [0.1, 0.15) is 26.2 Å². The van der Waals surface area contributed by atoms with Crippen molar-refractivity contribution in [1.29, 1.82) is 0 Å². The Morgan fingerprint density at radius 3 is 3.00 bits per heavy atom. The van der Waals surface area contributed by atoms with Crippen molar-refractivity contribution in [1.82, 2.24) is 5.32 Å². The Kier molecular flexibility index (Phi) is 6.17. The van der Waals surface area contributed by atoms with Gasteiger partial charge in [-0.05, 0) is 12.5 Å². The lowest BCUT2D eigenvalue weighted by molar-refractivity contribution is -0.117. The van der Waals surface area contributed by atoms with Crippen LogP contribution in [0.5, 0.6) is 0 Å². The highest BCUT2D eigenvalue weighted by Crippen LogP contribution is 2.35. The van der Waals surface area contributed by atoms with Gasteiger partial charge >= 0.3 is 0 Å². The molecule has 0 saturated carbocycles. The number of carbonyl (C=O) groups excluding carboxylic acids is 1. The van der Waals surface area contributed by atoms with Crippen molar-refractivity contribution < 1.29 is 24.1 Å². The molecule has 0 spiro atoms. The number of hydrogen-bond donors (Lipinski definition) is 2. The average Bonchev–Trinajstić information content (AvgIpc) is 3.03. The topological polar surface area (TPSA) is 77.0 Å². The van der Waals surface area contributed by atoms with E-state index in [0.717, 1.165) is 12.8 Å². The third kappa shape index (κ3) is 4.03. The molecule has 2 saturated heterocycles. The first-order chi connectivity index (χ1) is 10.2. The molecule has 2 N–H and O–H groups in total. The zero-order valence-corrected chi connectivity index (χ0v) is 12.5. The number of rotatable bonds is 8. The fourth-order valence-electron chi connectivity index (χ4n) is 2.83. The SMILES string of the molecule is C=CC(=O)NC[C@H]1C[C@@H]2O[C@H](CO)[C@@H](OCCCC)[C@@H]2O1. The summed E-state index contributed by atoms with van der Waals surface area (Å²) in [5.41, 5.74) is 0. The molecule has 6 nitrogen and oxygen atoms in total. The van der Waals surface area contributed by atoms with E-state index in [2.05, 4.69) is 18.8 Å². The summed E-state index contributed by atoms with van der Waals surface area (Å²) in [4.78, 5) is 11.2. The molecule has 2 aliphatic rings. The molecule has 120 valence electrons. The summed E-state index contributed by atoms with van der Waals surface area (Å²) in [6, 6.07) is 0. The number of unbranched alkanes of at least 4 members (excludes halogenated alkanes) is 1. The fraction of sp³-hybridized carbons (Fsp3) is 0.800. The number of aliphatic hydroxyl groups is 1. The van der Waals surface area contributed by atoms with Gasteiger partial charge in [0.1, 0.15) is 18.3 Å². The van der Waals surface area contributed by atoms with E-state index in [9.17, 15) is 9.90 Å². The van der Waals surface area contributed by atoms with Gasteiger partial charge in [-0.25, -0.2) is 0 Å². The van der Waals surface area contributed by atoms with Crippen LogP contribution in [0, 0.1) is 0 Å². The second kappa shape index (κ2) is 7.89. The van der Waals surface area contributed by atoms with Crippen LogP contribution < -0.4 is 5.32 Å². The Morgan fingerprint density at radius 1 is 1.52 bits per heavy atom. The van der Waals surface area contributed by atoms with Gasteiger partial charge in [0.2, 0.25) is 5.91 Å². The highest BCUT2D eigenvalue weighted by atomic mass is 16.6. The van der Waals surface area contributed by atoms with Crippen molar-refractivity contribution in [2.45, 2.75) is 56.7 Å². The maximum Gasteiger partial charge on any atom is 0.243 e. The predicted molar refractivity (Wildman–Crippen MR) is 76.9 cm³/mol. The summed E-state index contributed by atoms with van der Waals surface area (Å²) in [5.74, 6) is -0.208. The summed E-state index contributed by atoms with van der Waals surface area (Å²) in [5, 5.41) is 12.1. The number of amides is 1. The molecule has 0 aromatic rings. The Bertz CT molecular complexity index is 362. The second-order valence-electron chi connectivity index (χ2n) is 5.49. The summed E-state index contributed by atoms with van der Waals surface area (Å²) >= 11 is 0. The van der Waals surface area contributed by atoms with Gasteiger partial charge in [0.25, 0.3) is 0 Å². The highest BCUT2D eigenvalue weighted by molar-refractivity contribution is 5.86. The van der Waals surface area contributed by atoms with Gasteiger partial charge in [-0.2, -0.15) is 0 Å². The van der Waals surface area contributed by atoms with Crippen molar-refractivity contribution in [3.8, 4) is 0 Å². The second-order valence-corrected chi connectivity index (χ2v) is 5.49. The normalized spacial score (nSPS) is 34.7. The van der Waals surface area contributed by atoms with Crippen molar-refractivity contribution in [3.05, 3.63) is 12.7 Å². The Hall–Kier alpha value is -0.950. The van der Waals surface area contributed by atoms with Crippen LogP contribution in [0.3, 0.4) is 0 Å². The van der Waals surface area contributed by atoms with Crippen molar-refractivity contribution in [2.24, 2.45) is 0 Å². The predicted octanol–water partition coefficient (Wildman–Crippen LogP) is 0.391. The van der Waals surface area contributed by atoms with Gasteiger partial charge in [-0.1, -0.05) is 19.9 Å². The van der Waals surface area contributed by atoms with E-state index in [-0.39, 0.29) is 43.0 Å². The number of aliphatic hydroxyl groups excluding tert-OH is 1. The van der Waals surface area contributed by atoms with Crippen LogP contribution in [0.4, 0.5) is 0 Å². The van der Waals surface area contributed by atoms with E-state index < -0.39 is 0 Å². The standard InChI is InChI=1S/C15H25NO5/c1-3-5-6-19-14-12(9-17)21-11-7-10(20-15(11)14)8-16-13(18)4-2/h4,10-12,14-15,17H,2-3,5-9H2,1H3,(H,16,18)/t10-,11+,12-,14-,15-/m1/s1. The largest absolute Gasteiger partial charge is 0.394 e. The molecule has 5 atom stereocenters. The van der Waals surface area contributed by atoms with Gasteiger partial charge < -0.3 is 24.6 Å². The van der Waals surface area contributed by atoms with Crippen LogP contribution in [0.15, 0.2) is 12.7 Å². The van der Waals surface area contributed by atoms with Crippen molar-refractivity contribution >= 4 is 5.91 Å². The van der Waals surface area contributed by atoms with Crippen LogP contribution in [0.2, 0.25) is 0 Å². The molecule has 0 radical (unpaired) electrons. The number of carbonyl (C=O) groups is 1. The first-order valence-electron chi connectivity index (χ1n) is 7.63. The zero-order chi connectivity index (χ0) is 15.2. The number of hydrogen-bond acceptors (Lipinski definition) is 5. The molecule has 0 aromatic carbocycles. The molecule has 1 amide bonds. The zero-order valence-electron chi connectivity index (χ0n) is 12.5. The summed E-state index contributed by atoms with van der Waals surface area (Å²) in [6.07, 6.45) is 3.11. The molecule has 2 fully saturated rings. The van der Waals surface area contributed by atoms with E-state index >= 15 is 0 Å². The first-order valence-corrected chi connectivity index (χ1v) is 7.63. The van der Waals surface area contributed by atoms with Gasteiger partial charge in [0.05, 0.1) is 18.8 Å². The van der Waals surface area contributed by atoms with Crippen LogP contribution in [0.25, 0.3) is 0 Å². The summed E-state index contributed by atoms with van der Waals surface area (Å²) in [7, 11) is 0. The Labute approximate surface area is 125 Å². The van der Waals surface area contributed by atoms with Crippen molar-refractivity contribution in [3.63, 3.8) is 0 Å². The lowest BCUT2D eigenvalue weighted by atomic mass is 10.1. The molecular weight excluding hydrogens is 274 g/mol. The molecular formula is C15H25NO5. The molecule has 0 unspecified atom stereocenters. The molecule has 2 aliphatic heterocycles. The van der Waals surface area contributed by atoms with E-state index in [0.29, 0.717) is 19.6 Å². The van der Waals surface area contributed by atoms with Crippen LogP contribution in [-0.4, -0.2) is 61.3 Å².